The molecule has 4 heteroatoms. The Bertz CT molecular complexity index is 334. The first-order valence-corrected chi connectivity index (χ1v) is 6.38. The molecule has 0 aliphatic carbocycles. The molecule has 0 atom stereocenters. The van der Waals surface area contributed by atoms with Crippen LogP contribution in [0.15, 0.2) is 12.1 Å². The third-order valence-electron chi connectivity index (χ3n) is 2.38. The summed E-state index contributed by atoms with van der Waals surface area (Å²) >= 11 is 1.20. The lowest BCUT2D eigenvalue weighted by atomic mass is 10.1. The Kier molecular flexibility index (Phi) is 5.60. The van der Waals surface area contributed by atoms with Gasteiger partial charge in [-0.25, -0.2) is 8.78 Å². The third-order valence-corrected chi connectivity index (χ3v) is 3.54. The fraction of sp³-hybridized carbons (Fsp3) is 0.583. The maximum Gasteiger partial charge on any atom is 0.301 e. The Hall–Kier alpha value is -0.770. The van der Waals surface area contributed by atoms with E-state index in [0.717, 1.165) is 24.1 Å². The second kappa shape index (κ2) is 6.74. The smallest absolute Gasteiger partial charge is 0.287 e. The molecule has 0 bridgehead atoms. The van der Waals surface area contributed by atoms with Crippen LogP contribution in [0.25, 0.3) is 0 Å². The summed E-state index contributed by atoms with van der Waals surface area (Å²) in [6.07, 6.45) is 2.62. The van der Waals surface area contributed by atoms with E-state index >= 15 is 0 Å². The first kappa shape index (κ1) is 13.3. The molecule has 0 saturated heterocycles. The van der Waals surface area contributed by atoms with Crippen molar-refractivity contribution in [2.45, 2.75) is 45.5 Å². The molecule has 1 heterocycles. The van der Waals surface area contributed by atoms with Crippen molar-refractivity contribution >= 4 is 17.1 Å². The van der Waals surface area contributed by atoms with Crippen molar-refractivity contribution in [3.8, 4) is 0 Å². The summed E-state index contributed by atoms with van der Waals surface area (Å²) in [6.45, 7) is 2.14. The van der Waals surface area contributed by atoms with Crippen LogP contribution in [0.1, 0.15) is 47.2 Å². The van der Waals surface area contributed by atoms with E-state index in [-0.39, 0.29) is 4.88 Å². The predicted octanol–water partition coefficient (Wildman–Crippen LogP) is 4.32. The molecule has 0 amide bonds. The molecule has 1 aromatic rings. The summed E-state index contributed by atoms with van der Waals surface area (Å²) in [7, 11) is 0. The van der Waals surface area contributed by atoms with Gasteiger partial charge in [0.25, 0.3) is 0 Å². The number of unbranched alkanes of at least 4 members (excludes halogenated alkanes) is 3. The molecule has 0 aliphatic heterocycles. The van der Waals surface area contributed by atoms with Crippen LogP contribution in [0.5, 0.6) is 0 Å². The number of hydrogen-bond donors (Lipinski definition) is 0. The van der Waals surface area contributed by atoms with Crippen molar-refractivity contribution < 1.29 is 13.6 Å². The van der Waals surface area contributed by atoms with Gasteiger partial charge in [-0.05, 0) is 25.0 Å². The van der Waals surface area contributed by atoms with E-state index in [1.165, 1.54) is 30.2 Å². The molecule has 0 unspecified atom stereocenters. The maximum absolute atomic E-state index is 12.1. The summed E-state index contributed by atoms with van der Waals surface area (Å²) in [5.74, 6) is -1.05. The number of ketones is 1. The highest BCUT2D eigenvalue weighted by molar-refractivity contribution is 7.14. The van der Waals surface area contributed by atoms with Crippen LogP contribution < -0.4 is 0 Å². The Morgan fingerprint density at radius 2 is 2.06 bits per heavy atom. The van der Waals surface area contributed by atoms with Crippen LogP contribution in [-0.2, 0) is 6.42 Å². The van der Waals surface area contributed by atoms with Crippen molar-refractivity contribution in [1.29, 1.82) is 0 Å². The normalized spacial score (nSPS) is 11.0. The molecular weight excluding hydrogens is 230 g/mol. The Balaban J connectivity index is 2.42. The predicted molar refractivity (Wildman–Crippen MR) is 62.5 cm³/mol. The monoisotopic (exact) mass is 246 g/mol. The molecule has 1 rings (SSSR count). The minimum Gasteiger partial charge on any atom is -0.287 e. The summed E-state index contributed by atoms with van der Waals surface area (Å²) in [4.78, 5) is 12.2. The van der Waals surface area contributed by atoms with Gasteiger partial charge in [0.2, 0.25) is 5.78 Å². The minimum absolute atomic E-state index is 0.181. The zero-order valence-electron chi connectivity index (χ0n) is 9.34. The third kappa shape index (κ3) is 4.00. The second-order valence-corrected chi connectivity index (χ2v) is 4.91. The Morgan fingerprint density at radius 1 is 1.31 bits per heavy atom. The number of alkyl halides is 2. The van der Waals surface area contributed by atoms with E-state index < -0.39 is 12.2 Å². The van der Waals surface area contributed by atoms with E-state index in [1.54, 1.807) is 6.07 Å². The van der Waals surface area contributed by atoms with E-state index in [4.69, 9.17) is 0 Å². The van der Waals surface area contributed by atoms with Gasteiger partial charge in [0, 0.05) is 4.88 Å². The van der Waals surface area contributed by atoms with Crippen LogP contribution in [0.2, 0.25) is 0 Å². The Labute approximate surface area is 98.5 Å². The van der Waals surface area contributed by atoms with E-state index in [0.29, 0.717) is 0 Å². The Morgan fingerprint density at radius 3 is 2.69 bits per heavy atom. The van der Waals surface area contributed by atoms with Gasteiger partial charge in [0.15, 0.2) is 0 Å². The van der Waals surface area contributed by atoms with E-state index in [9.17, 15) is 13.6 Å². The molecule has 0 aliphatic rings. The molecular formula is C12H16F2OS. The largest absolute Gasteiger partial charge is 0.301 e. The van der Waals surface area contributed by atoms with Gasteiger partial charge in [-0.2, -0.15) is 0 Å². The van der Waals surface area contributed by atoms with Gasteiger partial charge in [-0.15, -0.1) is 11.3 Å². The average molecular weight is 246 g/mol. The average Bonchev–Trinajstić information content (AvgIpc) is 2.72. The highest BCUT2D eigenvalue weighted by Gasteiger charge is 2.19. The lowest BCUT2D eigenvalue weighted by molar-refractivity contribution is 0.0683. The topological polar surface area (TPSA) is 17.1 Å². The van der Waals surface area contributed by atoms with Crippen LogP contribution in [0.3, 0.4) is 0 Å². The van der Waals surface area contributed by atoms with Crippen LogP contribution in [-0.4, -0.2) is 12.2 Å². The zero-order chi connectivity index (χ0) is 12.0. The first-order chi connectivity index (χ1) is 7.65. The van der Waals surface area contributed by atoms with Gasteiger partial charge >= 0.3 is 6.43 Å². The quantitative estimate of drug-likeness (QED) is 0.517. The van der Waals surface area contributed by atoms with Crippen LogP contribution >= 0.6 is 11.3 Å². The number of thiophene rings is 1. The molecule has 1 nitrogen and oxygen atoms in total. The van der Waals surface area contributed by atoms with Crippen molar-refractivity contribution in [3.05, 3.63) is 21.9 Å². The fourth-order valence-electron chi connectivity index (χ4n) is 1.48. The molecule has 0 radical (unpaired) electrons. The van der Waals surface area contributed by atoms with E-state index in [1.807, 2.05) is 0 Å². The SMILES string of the molecule is CCCCCCc1ccc(C(=O)C(F)F)s1. The molecule has 90 valence electrons. The molecule has 0 N–H and O–H groups in total. The van der Waals surface area contributed by atoms with Crippen molar-refractivity contribution in [1.82, 2.24) is 0 Å². The minimum atomic E-state index is -2.88. The number of aryl methyl sites for hydroxylation is 1. The van der Waals surface area contributed by atoms with Gasteiger partial charge < -0.3 is 0 Å². The summed E-state index contributed by atoms with van der Waals surface area (Å²) in [5, 5.41) is 0. The highest BCUT2D eigenvalue weighted by atomic mass is 32.1. The number of rotatable bonds is 7. The van der Waals surface area contributed by atoms with Gasteiger partial charge in [-0.1, -0.05) is 26.2 Å². The zero-order valence-corrected chi connectivity index (χ0v) is 10.2. The van der Waals surface area contributed by atoms with Gasteiger partial charge in [0.1, 0.15) is 0 Å². The van der Waals surface area contributed by atoms with Crippen molar-refractivity contribution in [3.63, 3.8) is 0 Å². The summed E-state index contributed by atoms with van der Waals surface area (Å²) < 4.78 is 24.3. The first-order valence-electron chi connectivity index (χ1n) is 5.56. The maximum atomic E-state index is 12.1. The molecule has 0 saturated carbocycles. The van der Waals surface area contributed by atoms with E-state index in [2.05, 4.69) is 6.92 Å². The van der Waals surface area contributed by atoms with Gasteiger partial charge in [0.05, 0.1) is 4.88 Å². The molecule has 0 spiro atoms. The van der Waals surface area contributed by atoms with Gasteiger partial charge in [-0.3, -0.25) is 4.79 Å². The van der Waals surface area contributed by atoms with Crippen LogP contribution in [0.4, 0.5) is 8.78 Å². The number of carbonyl (C=O) groups excluding carboxylic acids is 1. The number of Topliss-reactive ketones (excluding diaryl/α,β-unsaturated/α-hetero) is 1. The molecule has 0 aromatic carbocycles. The molecule has 0 fully saturated rings. The van der Waals surface area contributed by atoms with Crippen molar-refractivity contribution in [2.24, 2.45) is 0 Å². The second-order valence-electron chi connectivity index (χ2n) is 3.74. The number of carbonyl (C=O) groups is 1. The molecule has 16 heavy (non-hydrogen) atoms. The summed E-state index contributed by atoms with van der Waals surface area (Å²) in [6, 6.07) is 3.29. The standard InChI is InChI=1S/C12H16F2OS/c1-2-3-4-5-6-9-7-8-10(16-9)11(15)12(13)14/h7-8,12H,2-6H2,1H3. The highest BCUT2D eigenvalue weighted by Crippen LogP contribution is 2.21. The fourth-order valence-corrected chi connectivity index (χ4v) is 2.47. The van der Waals surface area contributed by atoms with Crippen LogP contribution in [0, 0.1) is 0 Å². The lowest BCUT2D eigenvalue weighted by Crippen LogP contribution is -2.07. The number of halogens is 2. The molecule has 1 aromatic heterocycles. The summed E-state index contributed by atoms with van der Waals surface area (Å²) in [5.41, 5.74) is 0. The lowest BCUT2D eigenvalue weighted by Gasteiger charge is -1.97. The van der Waals surface area contributed by atoms with Crippen molar-refractivity contribution in [2.75, 3.05) is 0 Å². The number of hydrogen-bond acceptors (Lipinski definition) is 2.